The Morgan fingerprint density at radius 3 is 2.68 bits per heavy atom. The number of H-pyrrole nitrogens is 1. The van der Waals surface area contributed by atoms with Gasteiger partial charge in [-0.1, -0.05) is 36.4 Å². The molecule has 2 aliphatic rings. The first-order chi connectivity index (χ1) is 20.0. The van der Waals surface area contributed by atoms with Crippen LogP contribution in [0.2, 0.25) is 0 Å². The highest BCUT2D eigenvalue weighted by atomic mass is 16.5. The van der Waals surface area contributed by atoms with E-state index in [1.165, 1.54) is 0 Å². The Morgan fingerprint density at radius 2 is 1.85 bits per heavy atom. The number of aromatic amines is 1. The Hall–Kier alpha value is -4.56. The van der Waals surface area contributed by atoms with Gasteiger partial charge in [0.05, 0.1) is 12.3 Å². The largest absolute Gasteiger partial charge is 0.492 e. The molecule has 3 aromatic carbocycles. The van der Waals surface area contributed by atoms with Gasteiger partial charge in [-0.05, 0) is 67.2 Å². The summed E-state index contributed by atoms with van der Waals surface area (Å²) < 4.78 is 11.4. The van der Waals surface area contributed by atoms with Gasteiger partial charge in [-0.25, -0.2) is 0 Å². The van der Waals surface area contributed by atoms with Gasteiger partial charge in [0.15, 0.2) is 0 Å². The fraction of sp³-hybridized carbons (Fsp3) is 0.273. The van der Waals surface area contributed by atoms with Crippen molar-refractivity contribution < 1.29 is 18.7 Å². The number of benzene rings is 3. The van der Waals surface area contributed by atoms with Gasteiger partial charge in [0.2, 0.25) is 11.8 Å². The molecule has 7 rings (SSSR count). The van der Waals surface area contributed by atoms with Crippen LogP contribution in [0.25, 0.3) is 21.9 Å². The van der Waals surface area contributed by atoms with E-state index in [1.807, 2.05) is 74.8 Å². The van der Waals surface area contributed by atoms with Crippen molar-refractivity contribution >= 4 is 33.7 Å². The molecule has 4 heterocycles. The molecule has 41 heavy (non-hydrogen) atoms. The van der Waals surface area contributed by atoms with E-state index in [0.717, 1.165) is 56.6 Å². The number of amides is 2. The van der Waals surface area contributed by atoms with Gasteiger partial charge in [0.1, 0.15) is 30.5 Å². The Kier molecular flexibility index (Phi) is 6.27. The summed E-state index contributed by atoms with van der Waals surface area (Å²) in [4.78, 5) is 37.1. The van der Waals surface area contributed by atoms with E-state index in [-0.39, 0.29) is 18.4 Å². The molecule has 0 bridgehead atoms. The molecule has 2 aliphatic heterocycles. The van der Waals surface area contributed by atoms with Crippen LogP contribution >= 0.6 is 0 Å². The van der Waals surface area contributed by atoms with Crippen molar-refractivity contribution in [3.05, 3.63) is 101 Å². The Balaban J connectivity index is 1.20. The quantitative estimate of drug-likeness (QED) is 0.318. The predicted octanol–water partition coefficient (Wildman–Crippen LogP) is 4.74. The van der Waals surface area contributed by atoms with E-state index in [2.05, 4.69) is 22.0 Å². The van der Waals surface area contributed by atoms with Crippen LogP contribution in [0.1, 0.15) is 28.4 Å². The Labute approximate surface area is 238 Å². The molecule has 2 amide bonds. The lowest BCUT2D eigenvalue weighted by atomic mass is 9.86. The molecule has 2 atom stereocenters. The van der Waals surface area contributed by atoms with Crippen molar-refractivity contribution in [3.63, 3.8) is 0 Å². The number of rotatable bonds is 7. The SMILES string of the molecule is CN(C)CCOc1ccc(CN2CC(=O)N3[C@H](c4ccc5occc5c4)c4[nH]c5ccccc5c4C[C@@H]3C2=O)cc1. The number of para-hydroxylation sites is 1. The molecule has 0 aliphatic carbocycles. The standard InChI is InChI=1S/C33H32N4O4/c1-35(2)14-16-40-24-10-7-21(8-11-24)19-36-20-30(38)37-28(33(36)39)18-26-25-5-3-4-6-27(25)34-31(26)32(37)23-9-12-29-22(17-23)13-15-41-29/h3-13,15,17,28,32,34H,14,16,18-20H2,1-2H3/t28-,32-/m1/s1. The number of furan rings is 1. The highest BCUT2D eigenvalue weighted by molar-refractivity contribution is 5.97. The van der Waals surface area contributed by atoms with Gasteiger partial charge in [0.25, 0.3) is 0 Å². The maximum absolute atomic E-state index is 14.1. The second kappa shape index (κ2) is 10.1. The minimum atomic E-state index is -0.582. The van der Waals surface area contributed by atoms with Crippen LogP contribution in [0.4, 0.5) is 0 Å². The Bertz CT molecular complexity index is 1750. The lowest BCUT2D eigenvalue weighted by Gasteiger charge is -2.47. The molecule has 0 saturated carbocycles. The summed E-state index contributed by atoms with van der Waals surface area (Å²) in [6, 6.07) is 22.9. The van der Waals surface area contributed by atoms with Gasteiger partial charge in [-0.3, -0.25) is 9.59 Å². The number of hydrogen-bond acceptors (Lipinski definition) is 5. The van der Waals surface area contributed by atoms with E-state index in [4.69, 9.17) is 9.15 Å². The fourth-order valence-corrected chi connectivity index (χ4v) is 6.22. The average molecular weight is 549 g/mol. The van der Waals surface area contributed by atoms with Crippen molar-refractivity contribution in [2.24, 2.45) is 0 Å². The average Bonchev–Trinajstić information content (AvgIpc) is 3.59. The van der Waals surface area contributed by atoms with Crippen molar-refractivity contribution in [2.45, 2.75) is 25.0 Å². The number of piperazine rings is 1. The lowest BCUT2D eigenvalue weighted by Crippen LogP contribution is -2.62. The van der Waals surface area contributed by atoms with Gasteiger partial charge in [0, 0.05) is 41.5 Å². The molecule has 0 spiro atoms. The molecule has 1 N–H and O–H groups in total. The summed E-state index contributed by atoms with van der Waals surface area (Å²) in [5.41, 5.74) is 5.79. The molecular weight excluding hydrogens is 516 g/mol. The molecule has 1 saturated heterocycles. The van der Waals surface area contributed by atoms with Crippen molar-refractivity contribution in [2.75, 3.05) is 33.8 Å². The third kappa shape index (κ3) is 4.54. The van der Waals surface area contributed by atoms with Crippen LogP contribution in [0.3, 0.4) is 0 Å². The van der Waals surface area contributed by atoms with Gasteiger partial charge >= 0.3 is 0 Å². The zero-order chi connectivity index (χ0) is 28.1. The van der Waals surface area contributed by atoms with E-state index in [1.54, 1.807) is 16.1 Å². The summed E-state index contributed by atoms with van der Waals surface area (Å²) in [6.45, 7) is 1.85. The van der Waals surface area contributed by atoms with Crippen molar-refractivity contribution in [3.8, 4) is 5.75 Å². The normalized spacial score (nSPS) is 18.8. The summed E-state index contributed by atoms with van der Waals surface area (Å²) in [5.74, 6) is 0.709. The topological polar surface area (TPSA) is 82.0 Å². The first kappa shape index (κ1) is 25.4. The first-order valence-corrected chi connectivity index (χ1v) is 14.0. The molecule has 8 nitrogen and oxygen atoms in total. The molecule has 5 aromatic rings. The third-order valence-corrected chi connectivity index (χ3v) is 8.24. The molecule has 1 fully saturated rings. The van der Waals surface area contributed by atoms with Crippen LogP contribution < -0.4 is 4.74 Å². The number of ether oxygens (including phenoxy) is 1. The van der Waals surface area contributed by atoms with Crippen molar-refractivity contribution in [1.29, 1.82) is 0 Å². The van der Waals surface area contributed by atoms with Crippen LogP contribution in [-0.2, 0) is 22.6 Å². The summed E-state index contributed by atoms with van der Waals surface area (Å²) in [6.07, 6.45) is 2.14. The van der Waals surface area contributed by atoms with Crippen LogP contribution in [0.15, 0.2) is 83.5 Å². The number of carbonyl (C=O) groups excluding carboxylic acids is 2. The zero-order valence-corrected chi connectivity index (χ0v) is 23.2. The van der Waals surface area contributed by atoms with Gasteiger partial charge < -0.3 is 28.8 Å². The molecule has 8 heteroatoms. The maximum atomic E-state index is 14.1. The smallest absolute Gasteiger partial charge is 0.246 e. The fourth-order valence-electron chi connectivity index (χ4n) is 6.22. The maximum Gasteiger partial charge on any atom is 0.246 e. The molecule has 0 radical (unpaired) electrons. The summed E-state index contributed by atoms with van der Waals surface area (Å²) in [7, 11) is 4.02. The number of nitrogens with zero attached hydrogens (tertiary/aromatic N) is 3. The second-order valence-corrected chi connectivity index (χ2v) is 11.2. The van der Waals surface area contributed by atoms with Gasteiger partial charge in [-0.15, -0.1) is 0 Å². The number of carbonyl (C=O) groups is 2. The molecule has 208 valence electrons. The number of likely N-dealkylation sites (N-methyl/N-ethyl adjacent to an activating group) is 1. The van der Waals surface area contributed by atoms with Gasteiger partial charge in [-0.2, -0.15) is 0 Å². The molecule has 0 unspecified atom stereocenters. The molecular formula is C33H32N4O4. The number of nitrogens with one attached hydrogen (secondary N) is 1. The van der Waals surface area contributed by atoms with E-state index < -0.39 is 12.1 Å². The van der Waals surface area contributed by atoms with Crippen molar-refractivity contribution in [1.82, 2.24) is 19.7 Å². The summed E-state index contributed by atoms with van der Waals surface area (Å²) >= 11 is 0. The highest BCUT2D eigenvalue weighted by Crippen LogP contribution is 2.43. The number of aromatic nitrogens is 1. The molecule has 2 aromatic heterocycles. The zero-order valence-electron chi connectivity index (χ0n) is 23.2. The first-order valence-electron chi connectivity index (χ1n) is 14.0. The van der Waals surface area contributed by atoms with Crippen LogP contribution in [-0.4, -0.2) is 71.3 Å². The minimum absolute atomic E-state index is 0.0266. The lowest BCUT2D eigenvalue weighted by molar-refractivity contribution is -0.159. The monoisotopic (exact) mass is 548 g/mol. The van der Waals surface area contributed by atoms with Crippen LogP contribution in [0.5, 0.6) is 5.75 Å². The van der Waals surface area contributed by atoms with E-state index >= 15 is 0 Å². The minimum Gasteiger partial charge on any atom is -0.492 e. The second-order valence-electron chi connectivity index (χ2n) is 11.2. The number of hydrogen-bond donors (Lipinski definition) is 1. The Morgan fingerprint density at radius 1 is 1.02 bits per heavy atom. The highest BCUT2D eigenvalue weighted by Gasteiger charge is 2.48. The van der Waals surface area contributed by atoms with E-state index in [9.17, 15) is 9.59 Å². The van der Waals surface area contributed by atoms with E-state index in [0.29, 0.717) is 19.6 Å². The van der Waals surface area contributed by atoms with Crippen LogP contribution in [0, 0.1) is 0 Å². The predicted molar refractivity (Wildman–Crippen MR) is 157 cm³/mol. The number of fused-ring (bicyclic) bond motifs is 5. The third-order valence-electron chi connectivity index (χ3n) is 8.24. The summed E-state index contributed by atoms with van der Waals surface area (Å²) in [5, 5.41) is 2.06.